The third kappa shape index (κ3) is 3.06. The Morgan fingerprint density at radius 3 is 2.94 bits per heavy atom. The molecule has 2 rings (SSSR count). The summed E-state index contributed by atoms with van der Waals surface area (Å²) in [6, 6.07) is 0. The Balaban J connectivity index is 2.16. The van der Waals surface area contributed by atoms with Gasteiger partial charge in [0.1, 0.15) is 0 Å². The van der Waals surface area contributed by atoms with Crippen LogP contribution in [0.4, 0.5) is 0 Å². The minimum Gasteiger partial charge on any atom is -0.375 e. The Hall–Kier alpha value is -0.900. The highest BCUT2D eigenvalue weighted by Crippen LogP contribution is 2.45. The van der Waals surface area contributed by atoms with Crippen molar-refractivity contribution in [2.24, 2.45) is 16.3 Å². The van der Waals surface area contributed by atoms with Gasteiger partial charge in [0.05, 0.1) is 5.71 Å². The first-order chi connectivity index (χ1) is 8.10. The first kappa shape index (κ1) is 12.6. The maximum absolute atomic E-state index is 5.38. The van der Waals surface area contributed by atoms with Gasteiger partial charge in [0.15, 0.2) is 5.11 Å². The van der Waals surface area contributed by atoms with E-state index in [4.69, 9.17) is 18.0 Å². The fourth-order valence-corrected chi connectivity index (χ4v) is 2.94. The average Bonchev–Trinajstić information content (AvgIpc) is 2.47. The second kappa shape index (κ2) is 5.17. The van der Waals surface area contributed by atoms with E-state index in [2.05, 4.69) is 23.5 Å². The number of thiocarbonyl (C=S) groups is 1. The zero-order valence-corrected chi connectivity index (χ0v) is 11.3. The SMILES string of the molecule is C[C@@]12CCCCCC1=C/C(=N/NC(N)=S)CC2. The Morgan fingerprint density at radius 1 is 1.35 bits per heavy atom. The fourth-order valence-electron chi connectivity index (χ4n) is 2.89. The summed E-state index contributed by atoms with van der Waals surface area (Å²) >= 11 is 4.76. The van der Waals surface area contributed by atoms with Crippen molar-refractivity contribution in [2.75, 3.05) is 0 Å². The predicted molar refractivity (Wildman–Crippen MR) is 75.9 cm³/mol. The summed E-state index contributed by atoms with van der Waals surface area (Å²) in [6.07, 6.45) is 11.1. The summed E-state index contributed by atoms with van der Waals surface area (Å²) in [5, 5.41) is 4.50. The monoisotopic (exact) mass is 251 g/mol. The zero-order chi connectivity index (χ0) is 12.3. The predicted octanol–water partition coefficient (Wildman–Crippen LogP) is 2.87. The molecule has 3 N–H and O–H groups in total. The van der Waals surface area contributed by atoms with Gasteiger partial charge in [-0.2, -0.15) is 5.10 Å². The van der Waals surface area contributed by atoms with Crippen LogP contribution in [0.3, 0.4) is 0 Å². The van der Waals surface area contributed by atoms with Gasteiger partial charge in [0.25, 0.3) is 0 Å². The Labute approximate surface area is 109 Å². The van der Waals surface area contributed by atoms with Crippen LogP contribution in [-0.4, -0.2) is 10.8 Å². The molecule has 1 fully saturated rings. The second-order valence-corrected chi connectivity index (χ2v) is 5.81. The standard InChI is InChI=1S/C13H21N3S/c1-13-7-4-2-3-5-10(13)9-11(6-8-13)15-16-12(14)17/h9H,2-8H2,1H3,(H3,14,16,17)/b15-11+/t13-/m0/s1. The number of allylic oxidation sites excluding steroid dienone is 2. The normalized spacial score (nSPS) is 31.4. The lowest BCUT2D eigenvalue weighted by molar-refractivity contribution is 0.332. The molecule has 0 spiro atoms. The molecule has 17 heavy (non-hydrogen) atoms. The summed E-state index contributed by atoms with van der Waals surface area (Å²) < 4.78 is 0. The van der Waals surface area contributed by atoms with Crippen LogP contribution in [0, 0.1) is 5.41 Å². The lowest BCUT2D eigenvalue weighted by Crippen LogP contribution is -2.28. The number of fused-ring (bicyclic) bond motifs is 1. The van der Waals surface area contributed by atoms with Crippen molar-refractivity contribution in [3.63, 3.8) is 0 Å². The molecular formula is C13H21N3S. The lowest BCUT2D eigenvalue weighted by atomic mass is 9.71. The molecular weight excluding hydrogens is 230 g/mol. The molecule has 4 heteroatoms. The van der Waals surface area contributed by atoms with Gasteiger partial charge in [0, 0.05) is 0 Å². The summed E-state index contributed by atoms with van der Waals surface area (Å²) in [5.41, 5.74) is 11.2. The minimum absolute atomic E-state index is 0.241. The molecule has 94 valence electrons. The summed E-state index contributed by atoms with van der Waals surface area (Å²) in [6.45, 7) is 2.40. The molecule has 1 atom stereocenters. The number of hydrogen-bond acceptors (Lipinski definition) is 2. The number of nitrogens with zero attached hydrogens (tertiary/aromatic N) is 1. The highest BCUT2D eigenvalue weighted by Gasteiger charge is 2.33. The summed E-state index contributed by atoms with van der Waals surface area (Å²) in [5.74, 6) is 0. The maximum atomic E-state index is 5.38. The summed E-state index contributed by atoms with van der Waals surface area (Å²) in [4.78, 5) is 0. The average molecular weight is 251 g/mol. The van der Waals surface area contributed by atoms with Crippen LogP contribution in [0.1, 0.15) is 51.9 Å². The highest BCUT2D eigenvalue weighted by atomic mass is 32.1. The van der Waals surface area contributed by atoms with E-state index in [1.54, 1.807) is 5.57 Å². The Kier molecular flexibility index (Phi) is 3.82. The molecule has 0 aromatic rings. The van der Waals surface area contributed by atoms with Gasteiger partial charge in [0.2, 0.25) is 0 Å². The highest BCUT2D eigenvalue weighted by molar-refractivity contribution is 7.80. The van der Waals surface area contributed by atoms with Gasteiger partial charge in [-0.3, -0.25) is 5.43 Å². The van der Waals surface area contributed by atoms with Crippen molar-refractivity contribution < 1.29 is 0 Å². The molecule has 1 saturated carbocycles. The maximum Gasteiger partial charge on any atom is 0.184 e. The van der Waals surface area contributed by atoms with E-state index in [0.717, 1.165) is 12.1 Å². The van der Waals surface area contributed by atoms with E-state index < -0.39 is 0 Å². The molecule has 0 heterocycles. The zero-order valence-electron chi connectivity index (χ0n) is 10.5. The van der Waals surface area contributed by atoms with Crippen molar-refractivity contribution in [1.82, 2.24) is 5.43 Å². The van der Waals surface area contributed by atoms with Crippen LogP contribution in [-0.2, 0) is 0 Å². The van der Waals surface area contributed by atoms with Crippen molar-refractivity contribution in [1.29, 1.82) is 0 Å². The summed E-state index contributed by atoms with van der Waals surface area (Å²) in [7, 11) is 0. The second-order valence-electron chi connectivity index (χ2n) is 5.37. The quantitative estimate of drug-likeness (QED) is 0.556. The van der Waals surface area contributed by atoms with Crippen LogP contribution >= 0.6 is 12.2 Å². The number of hydrazone groups is 1. The molecule has 0 aromatic heterocycles. The van der Waals surface area contributed by atoms with Gasteiger partial charge in [-0.25, -0.2) is 0 Å². The number of hydrogen-bond donors (Lipinski definition) is 2. The molecule has 2 aliphatic carbocycles. The first-order valence-electron chi connectivity index (χ1n) is 6.43. The van der Waals surface area contributed by atoms with Crippen molar-refractivity contribution in [2.45, 2.75) is 51.9 Å². The van der Waals surface area contributed by atoms with Gasteiger partial charge >= 0.3 is 0 Å². The van der Waals surface area contributed by atoms with E-state index in [-0.39, 0.29) is 5.11 Å². The molecule has 0 aliphatic heterocycles. The fraction of sp³-hybridized carbons (Fsp3) is 0.692. The molecule has 0 saturated heterocycles. The van der Waals surface area contributed by atoms with Crippen molar-refractivity contribution in [3.05, 3.63) is 11.6 Å². The number of nitrogens with one attached hydrogen (secondary N) is 1. The molecule has 0 amide bonds. The molecule has 0 radical (unpaired) electrons. The number of nitrogens with two attached hydrogens (primary N) is 1. The third-order valence-corrected chi connectivity index (χ3v) is 4.12. The lowest BCUT2D eigenvalue weighted by Gasteiger charge is -2.34. The Bertz CT molecular complexity index is 373. The van der Waals surface area contributed by atoms with Crippen molar-refractivity contribution >= 4 is 23.0 Å². The molecule has 3 nitrogen and oxygen atoms in total. The van der Waals surface area contributed by atoms with Gasteiger partial charge < -0.3 is 5.73 Å². The van der Waals surface area contributed by atoms with Gasteiger partial charge in [-0.1, -0.05) is 25.3 Å². The first-order valence-corrected chi connectivity index (χ1v) is 6.84. The molecule has 0 bridgehead atoms. The minimum atomic E-state index is 0.241. The molecule has 0 unspecified atom stereocenters. The van der Waals surface area contributed by atoms with E-state index in [1.165, 1.54) is 38.5 Å². The largest absolute Gasteiger partial charge is 0.375 e. The van der Waals surface area contributed by atoms with Crippen LogP contribution in [0.25, 0.3) is 0 Å². The topological polar surface area (TPSA) is 50.4 Å². The van der Waals surface area contributed by atoms with E-state index >= 15 is 0 Å². The van der Waals surface area contributed by atoms with Crippen LogP contribution in [0.2, 0.25) is 0 Å². The van der Waals surface area contributed by atoms with E-state index in [0.29, 0.717) is 5.41 Å². The Morgan fingerprint density at radius 2 is 2.18 bits per heavy atom. The van der Waals surface area contributed by atoms with Crippen molar-refractivity contribution in [3.8, 4) is 0 Å². The van der Waals surface area contributed by atoms with Crippen LogP contribution < -0.4 is 11.2 Å². The number of rotatable bonds is 1. The van der Waals surface area contributed by atoms with Crippen LogP contribution in [0.5, 0.6) is 0 Å². The van der Waals surface area contributed by atoms with E-state index in [9.17, 15) is 0 Å². The molecule has 0 aromatic carbocycles. The van der Waals surface area contributed by atoms with Gasteiger partial charge in [-0.15, -0.1) is 0 Å². The van der Waals surface area contributed by atoms with E-state index in [1.807, 2.05) is 0 Å². The van der Waals surface area contributed by atoms with Gasteiger partial charge in [-0.05, 0) is 55.8 Å². The smallest absolute Gasteiger partial charge is 0.184 e. The molecule has 2 aliphatic rings. The van der Waals surface area contributed by atoms with Crippen LogP contribution in [0.15, 0.2) is 16.8 Å². The third-order valence-electron chi connectivity index (χ3n) is 4.03.